The number of nitrogens with one attached hydrogen (secondary N) is 1. The van der Waals surface area contributed by atoms with Crippen LogP contribution in [0.4, 0.5) is 4.79 Å². The van der Waals surface area contributed by atoms with E-state index in [9.17, 15) is 9.90 Å². The molecule has 0 spiro atoms. The first kappa shape index (κ1) is 18.7. The molecule has 1 aliphatic rings. The molecule has 0 aliphatic carbocycles. The Labute approximate surface area is 145 Å². The standard InChI is InChI=1S/C19H30N2O3/c1-4-19(3)14-21(10-11-24-19)18(23)20-13-17(12-15(2)22)16-8-6-5-7-9-16/h5-9,15,17,22H,4,10-14H2,1-3H3,(H,20,23)/t15-,17+,19+/m0/s1. The fraction of sp³-hybridized carbons (Fsp3) is 0.632. The van der Waals surface area contributed by atoms with Gasteiger partial charge in [-0.25, -0.2) is 4.79 Å². The maximum atomic E-state index is 12.5. The first-order chi connectivity index (χ1) is 11.4. The lowest BCUT2D eigenvalue weighted by Crippen LogP contribution is -2.54. The SMILES string of the molecule is CC[C@]1(C)CN(C(=O)NC[C@@H](C[C@H](C)O)c2ccccc2)CCO1. The molecule has 0 saturated carbocycles. The van der Waals surface area contributed by atoms with Gasteiger partial charge in [-0.15, -0.1) is 0 Å². The van der Waals surface area contributed by atoms with Crippen LogP contribution >= 0.6 is 0 Å². The van der Waals surface area contributed by atoms with Crippen molar-refractivity contribution in [1.82, 2.24) is 10.2 Å². The Hall–Kier alpha value is -1.59. The number of morpholine rings is 1. The molecular formula is C19H30N2O3. The van der Waals surface area contributed by atoms with Crippen molar-refractivity contribution in [3.63, 3.8) is 0 Å². The van der Waals surface area contributed by atoms with Gasteiger partial charge in [0, 0.05) is 19.0 Å². The fourth-order valence-electron chi connectivity index (χ4n) is 3.11. The molecule has 0 bridgehead atoms. The van der Waals surface area contributed by atoms with Crippen LogP contribution in [-0.2, 0) is 4.74 Å². The minimum atomic E-state index is -0.404. The van der Waals surface area contributed by atoms with E-state index in [2.05, 4.69) is 12.2 Å². The highest BCUT2D eigenvalue weighted by atomic mass is 16.5. The molecule has 134 valence electrons. The Balaban J connectivity index is 1.94. The summed E-state index contributed by atoms with van der Waals surface area (Å²) >= 11 is 0. The van der Waals surface area contributed by atoms with Crippen molar-refractivity contribution in [3.8, 4) is 0 Å². The molecule has 2 rings (SSSR count). The number of hydrogen-bond acceptors (Lipinski definition) is 3. The second kappa shape index (κ2) is 8.49. The van der Waals surface area contributed by atoms with Crippen molar-refractivity contribution >= 4 is 6.03 Å². The molecular weight excluding hydrogens is 304 g/mol. The number of benzene rings is 1. The topological polar surface area (TPSA) is 61.8 Å². The number of amides is 2. The van der Waals surface area contributed by atoms with Gasteiger partial charge in [0.05, 0.1) is 24.9 Å². The van der Waals surface area contributed by atoms with Gasteiger partial charge in [-0.1, -0.05) is 37.3 Å². The van der Waals surface area contributed by atoms with Crippen molar-refractivity contribution < 1.29 is 14.6 Å². The average Bonchev–Trinajstić information content (AvgIpc) is 2.59. The molecule has 5 heteroatoms. The van der Waals surface area contributed by atoms with Crippen LogP contribution in [0.2, 0.25) is 0 Å². The predicted octanol–water partition coefficient (Wildman–Crippen LogP) is 2.75. The van der Waals surface area contributed by atoms with Gasteiger partial charge in [-0.3, -0.25) is 0 Å². The van der Waals surface area contributed by atoms with Gasteiger partial charge in [-0.05, 0) is 32.3 Å². The summed E-state index contributed by atoms with van der Waals surface area (Å²) in [5, 5.41) is 12.8. The summed E-state index contributed by atoms with van der Waals surface area (Å²) in [5.74, 6) is 0.105. The third-order valence-electron chi connectivity index (χ3n) is 4.77. The summed E-state index contributed by atoms with van der Waals surface area (Å²) in [6, 6.07) is 9.98. The molecule has 1 fully saturated rings. The van der Waals surface area contributed by atoms with Crippen LogP contribution in [0, 0.1) is 0 Å². The molecule has 0 aromatic heterocycles. The number of ether oxygens (including phenoxy) is 1. The van der Waals surface area contributed by atoms with Crippen LogP contribution in [0.1, 0.15) is 45.1 Å². The highest BCUT2D eigenvalue weighted by Crippen LogP contribution is 2.22. The zero-order chi connectivity index (χ0) is 17.6. The summed E-state index contributed by atoms with van der Waals surface area (Å²) in [6.45, 7) is 8.24. The Bertz CT molecular complexity index is 521. The minimum Gasteiger partial charge on any atom is -0.393 e. The number of urea groups is 1. The van der Waals surface area contributed by atoms with Crippen LogP contribution < -0.4 is 5.32 Å². The Morgan fingerprint density at radius 3 is 2.75 bits per heavy atom. The zero-order valence-electron chi connectivity index (χ0n) is 15.0. The van der Waals surface area contributed by atoms with Gasteiger partial charge < -0.3 is 20.1 Å². The van der Waals surface area contributed by atoms with Crippen molar-refractivity contribution in [3.05, 3.63) is 35.9 Å². The van der Waals surface area contributed by atoms with E-state index in [0.29, 0.717) is 32.7 Å². The quantitative estimate of drug-likeness (QED) is 0.841. The smallest absolute Gasteiger partial charge is 0.317 e. The Kier molecular flexibility index (Phi) is 6.63. The lowest BCUT2D eigenvalue weighted by molar-refractivity contribution is -0.0872. The number of aliphatic hydroxyl groups is 1. The fourth-order valence-corrected chi connectivity index (χ4v) is 3.11. The van der Waals surface area contributed by atoms with Crippen molar-refractivity contribution in [1.29, 1.82) is 0 Å². The van der Waals surface area contributed by atoms with Crippen molar-refractivity contribution in [2.24, 2.45) is 0 Å². The molecule has 0 radical (unpaired) electrons. The minimum absolute atomic E-state index is 0.0514. The van der Waals surface area contributed by atoms with Gasteiger partial charge in [0.25, 0.3) is 0 Å². The molecule has 1 saturated heterocycles. The highest BCUT2D eigenvalue weighted by molar-refractivity contribution is 5.74. The van der Waals surface area contributed by atoms with E-state index in [1.54, 1.807) is 6.92 Å². The summed E-state index contributed by atoms with van der Waals surface area (Å²) in [7, 11) is 0. The number of nitrogens with zero attached hydrogens (tertiary/aromatic N) is 1. The van der Waals surface area contributed by atoms with E-state index in [4.69, 9.17) is 4.74 Å². The van der Waals surface area contributed by atoms with E-state index in [1.807, 2.05) is 42.2 Å². The van der Waals surface area contributed by atoms with E-state index in [-0.39, 0.29) is 17.6 Å². The van der Waals surface area contributed by atoms with Crippen LogP contribution in [0.15, 0.2) is 30.3 Å². The molecule has 1 aromatic rings. The number of carbonyl (C=O) groups is 1. The average molecular weight is 334 g/mol. The van der Waals surface area contributed by atoms with Gasteiger partial charge >= 0.3 is 6.03 Å². The molecule has 2 N–H and O–H groups in total. The number of aliphatic hydroxyl groups excluding tert-OH is 1. The predicted molar refractivity (Wildman–Crippen MR) is 95.1 cm³/mol. The summed E-state index contributed by atoms with van der Waals surface area (Å²) in [4.78, 5) is 14.4. The molecule has 5 nitrogen and oxygen atoms in total. The molecule has 1 heterocycles. The van der Waals surface area contributed by atoms with Crippen LogP contribution in [0.25, 0.3) is 0 Å². The summed E-state index contributed by atoms with van der Waals surface area (Å²) in [6.07, 6.45) is 1.10. The summed E-state index contributed by atoms with van der Waals surface area (Å²) in [5.41, 5.74) is 0.882. The molecule has 2 amide bonds. The normalized spacial score (nSPS) is 23.6. The van der Waals surface area contributed by atoms with Crippen molar-refractivity contribution in [2.75, 3.05) is 26.2 Å². The van der Waals surface area contributed by atoms with Gasteiger partial charge in [0.2, 0.25) is 0 Å². The van der Waals surface area contributed by atoms with E-state index in [0.717, 1.165) is 12.0 Å². The lowest BCUT2D eigenvalue weighted by atomic mass is 9.93. The first-order valence-electron chi connectivity index (χ1n) is 8.83. The first-order valence-corrected chi connectivity index (χ1v) is 8.83. The molecule has 3 atom stereocenters. The molecule has 0 unspecified atom stereocenters. The highest BCUT2D eigenvalue weighted by Gasteiger charge is 2.32. The maximum absolute atomic E-state index is 12.5. The van der Waals surface area contributed by atoms with Gasteiger partial charge in [0.1, 0.15) is 0 Å². The van der Waals surface area contributed by atoms with Crippen LogP contribution in [-0.4, -0.2) is 54.0 Å². The Morgan fingerprint density at radius 2 is 2.12 bits per heavy atom. The molecule has 24 heavy (non-hydrogen) atoms. The number of hydrogen-bond donors (Lipinski definition) is 2. The van der Waals surface area contributed by atoms with Gasteiger partial charge in [-0.2, -0.15) is 0 Å². The van der Waals surface area contributed by atoms with Crippen molar-refractivity contribution in [2.45, 2.75) is 51.2 Å². The second-order valence-electron chi connectivity index (χ2n) is 6.95. The van der Waals surface area contributed by atoms with E-state index >= 15 is 0 Å². The lowest BCUT2D eigenvalue weighted by Gasteiger charge is -2.40. The third-order valence-corrected chi connectivity index (χ3v) is 4.77. The maximum Gasteiger partial charge on any atom is 0.317 e. The number of carbonyl (C=O) groups excluding carboxylic acids is 1. The monoisotopic (exact) mass is 334 g/mol. The largest absolute Gasteiger partial charge is 0.393 e. The number of rotatable bonds is 6. The zero-order valence-corrected chi connectivity index (χ0v) is 15.0. The van der Waals surface area contributed by atoms with E-state index < -0.39 is 6.10 Å². The van der Waals surface area contributed by atoms with Gasteiger partial charge in [0.15, 0.2) is 0 Å². The second-order valence-corrected chi connectivity index (χ2v) is 6.95. The van der Waals surface area contributed by atoms with Crippen LogP contribution in [0.3, 0.4) is 0 Å². The molecule has 1 aromatic carbocycles. The summed E-state index contributed by atoms with van der Waals surface area (Å²) < 4.78 is 5.79. The van der Waals surface area contributed by atoms with E-state index in [1.165, 1.54) is 0 Å². The third kappa shape index (κ3) is 5.21. The van der Waals surface area contributed by atoms with Crippen LogP contribution in [0.5, 0.6) is 0 Å². The Morgan fingerprint density at radius 1 is 1.42 bits per heavy atom. The molecule has 1 aliphatic heterocycles.